The molecule has 10 aromatic rings. The van der Waals surface area contributed by atoms with E-state index in [9.17, 15) is 14.4 Å². The zero-order valence-corrected chi connectivity index (χ0v) is 43.3. The van der Waals surface area contributed by atoms with Crippen LogP contribution in [-0.2, 0) is 30.9 Å². The fourth-order valence-corrected chi connectivity index (χ4v) is 8.52. The maximum absolute atomic E-state index is 12.9. The van der Waals surface area contributed by atoms with Crippen LogP contribution in [0.5, 0.6) is 0 Å². The first kappa shape index (κ1) is 52.5. The molecule has 77 heavy (non-hydrogen) atoms. The molecule has 6 aromatic carbocycles. The average Bonchev–Trinajstić information content (AvgIpc) is 4.20. The lowest BCUT2D eigenvalue weighted by Crippen LogP contribution is -2.32. The van der Waals surface area contributed by atoms with Crippen molar-refractivity contribution in [2.24, 2.45) is 5.73 Å². The molecule has 0 saturated heterocycles. The van der Waals surface area contributed by atoms with Gasteiger partial charge in [-0.3, -0.25) is 9.59 Å². The maximum atomic E-state index is 12.9. The van der Waals surface area contributed by atoms with Crippen molar-refractivity contribution < 1.29 is 19.1 Å². The summed E-state index contributed by atoms with van der Waals surface area (Å²) in [6.07, 6.45) is 12.0. The van der Waals surface area contributed by atoms with E-state index in [2.05, 4.69) is 25.9 Å². The predicted octanol–water partition coefficient (Wildman–Crippen LogP) is 10.4. The van der Waals surface area contributed by atoms with Gasteiger partial charge in [0.15, 0.2) is 0 Å². The Balaban J connectivity index is 0.000000191. The molecule has 5 N–H and O–H groups in total. The SMILES string of the molecule is CC(C)(C)OC(=O)NCc1cccc(-c2nc3cc(C(=O)NCCCn4ccnc4)ccc3nc2-c2ccccc2)c1.NCc1cccc(-c2nc3cc(C(=O)NCCCn4ccnc4)ccc3nc2-c2ccccc2)c1. The normalized spacial score (nSPS) is 11.2. The van der Waals surface area contributed by atoms with Crippen LogP contribution in [0.15, 0.2) is 183 Å². The summed E-state index contributed by atoms with van der Waals surface area (Å²) in [7, 11) is 0. The Morgan fingerprint density at radius 1 is 0.506 bits per heavy atom. The van der Waals surface area contributed by atoms with Crippen LogP contribution >= 0.6 is 0 Å². The van der Waals surface area contributed by atoms with Crippen molar-refractivity contribution in [3.05, 3.63) is 205 Å². The first-order valence-electron chi connectivity index (χ1n) is 25.5. The summed E-state index contributed by atoms with van der Waals surface area (Å²) < 4.78 is 9.34. The lowest BCUT2D eigenvalue weighted by Gasteiger charge is -2.19. The van der Waals surface area contributed by atoms with Crippen LogP contribution in [0, 0.1) is 0 Å². The number of rotatable bonds is 17. The second-order valence-electron chi connectivity index (χ2n) is 19.3. The molecule has 10 rings (SSSR count). The molecule has 388 valence electrons. The van der Waals surface area contributed by atoms with Crippen molar-refractivity contribution in [1.82, 2.24) is 55.0 Å². The van der Waals surface area contributed by atoms with Gasteiger partial charge in [-0.2, -0.15) is 0 Å². The minimum Gasteiger partial charge on any atom is -0.444 e. The van der Waals surface area contributed by atoms with E-state index in [1.807, 2.05) is 164 Å². The quantitative estimate of drug-likeness (QED) is 0.0631. The van der Waals surface area contributed by atoms with Gasteiger partial charge in [-0.1, -0.05) is 97.1 Å². The largest absolute Gasteiger partial charge is 0.444 e. The minimum absolute atomic E-state index is 0.127. The molecule has 16 nitrogen and oxygen atoms in total. The van der Waals surface area contributed by atoms with Gasteiger partial charge in [0.1, 0.15) is 5.60 Å². The second kappa shape index (κ2) is 24.7. The number of hydrogen-bond acceptors (Lipinski definition) is 11. The number of carbonyl (C=O) groups excluding carboxylic acids is 3. The van der Waals surface area contributed by atoms with Crippen LogP contribution in [0.25, 0.3) is 67.1 Å². The fraction of sp³-hybridized carbons (Fsp3) is 0.197. The van der Waals surface area contributed by atoms with Crippen LogP contribution in [-0.4, -0.2) is 75.6 Å². The Hall–Kier alpha value is -9.41. The number of hydrogen-bond donors (Lipinski definition) is 4. The third-order valence-electron chi connectivity index (χ3n) is 12.3. The molecule has 0 aliphatic rings. The van der Waals surface area contributed by atoms with Gasteiger partial charge in [0.2, 0.25) is 0 Å². The molecule has 16 heteroatoms. The monoisotopic (exact) mass is 1020 g/mol. The van der Waals surface area contributed by atoms with Gasteiger partial charge in [0, 0.05) is 97.4 Å². The molecule has 4 aromatic heterocycles. The molecule has 0 radical (unpaired) electrons. The Morgan fingerprint density at radius 2 is 0.948 bits per heavy atom. The molecular formula is C61H60N12O4. The summed E-state index contributed by atoms with van der Waals surface area (Å²) in [6.45, 7) is 8.93. The van der Waals surface area contributed by atoms with Gasteiger partial charge in [0.25, 0.3) is 11.8 Å². The van der Waals surface area contributed by atoms with Crippen molar-refractivity contribution in [2.75, 3.05) is 13.1 Å². The van der Waals surface area contributed by atoms with Crippen molar-refractivity contribution in [1.29, 1.82) is 0 Å². The number of amides is 3. The summed E-state index contributed by atoms with van der Waals surface area (Å²) in [5.41, 5.74) is 17.7. The average molecular weight is 1030 g/mol. The fourth-order valence-electron chi connectivity index (χ4n) is 8.52. The molecule has 0 saturated carbocycles. The third kappa shape index (κ3) is 14.1. The number of alkyl carbamates (subject to hydrolysis) is 1. The Morgan fingerprint density at radius 3 is 1.40 bits per heavy atom. The Bertz CT molecular complexity index is 3600. The van der Waals surface area contributed by atoms with Crippen LogP contribution in [0.2, 0.25) is 0 Å². The second-order valence-corrected chi connectivity index (χ2v) is 19.3. The van der Waals surface area contributed by atoms with Crippen molar-refractivity contribution in [2.45, 2.75) is 65.4 Å². The minimum atomic E-state index is -0.576. The van der Waals surface area contributed by atoms with Gasteiger partial charge in [-0.15, -0.1) is 0 Å². The number of nitrogens with zero attached hydrogens (tertiary/aromatic N) is 8. The van der Waals surface area contributed by atoms with Gasteiger partial charge < -0.3 is 35.6 Å². The van der Waals surface area contributed by atoms with Gasteiger partial charge >= 0.3 is 6.09 Å². The lowest BCUT2D eigenvalue weighted by molar-refractivity contribution is 0.0523. The summed E-state index contributed by atoms with van der Waals surface area (Å²) >= 11 is 0. The number of aryl methyl sites for hydroxylation is 2. The van der Waals surface area contributed by atoms with Crippen LogP contribution in [0.3, 0.4) is 0 Å². The van der Waals surface area contributed by atoms with Gasteiger partial charge in [-0.25, -0.2) is 34.7 Å². The van der Waals surface area contributed by atoms with Crippen molar-refractivity contribution >= 4 is 40.0 Å². The molecular weight excluding hydrogens is 965 g/mol. The highest BCUT2D eigenvalue weighted by atomic mass is 16.6. The maximum Gasteiger partial charge on any atom is 0.407 e. The molecule has 0 spiro atoms. The number of aromatic nitrogens is 8. The van der Waals surface area contributed by atoms with E-state index in [1.165, 1.54) is 0 Å². The van der Waals surface area contributed by atoms with E-state index >= 15 is 0 Å². The molecule has 0 aliphatic carbocycles. The smallest absolute Gasteiger partial charge is 0.407 e. The van der Waals surface area contributed by atoms with E-state index in [0.29, 0.717) is 59.5 Å². The number of imidazole rings is 2. The first-order valence-corrected chi connectivity index (χ1v) is 25.5. The zero-order chi connectivity index (χ0) is 53.6. The summed E-state index contributed by atoms with van der Waals surface area (Å²) in [6, 6.07) is 46.6. The number of nitrogens with two attached hydrogens (primary N) is 1. The predicted molar refractivity (Wildman–Crippen MR) is 300 cm³/mol. The Kier molecular flexibility index (Phi) is 16.9. The molecule has 0 atom stereocenters. The molecule has 0 fully saturated rings. The number of nitrogens with one attached hydrogen (secondary N) is 3. The summed E-state index contributed by atoms with van der Waals surface area (Å²) in [5, 5.41) is 8.79. The van der Waals surface area contributed by atoms with E-state index in [-0.39, 0.29) is 11.8 Å². The highest BCUT2D eigenvalue weighted by molar-refractivity contribution is 5.99. The molecule has 0 bridgehead atoms. The molecule has 4 heterocycles. The molecule has 3 amide bonds. The van der Waals surface area contributed by atoms with Gasteiger partial charge in [0.05, 0.1) is 57.5 Å². The van der Waals surface area contributed by atoms with Crippen LogP contribution < -0.4 is 21.7 Å². The number of carbonyl (C=O) groups is 3. The number of ether oxygens (including phenoxy) is 1. The number of benzene rings is 6. The first-order chi connectivity index (χ1) is 37.5. The molecule has 0 unspecified atom stereocenters. The van der Waals surface area contributed by atoms with Crippen molar-refractivity contribution in [3.8, 4) is 45.0 Å². The van der Waals surface area contributed by atoms with Gasteiger partial charge in [-0.05, 0) is 93.3 Å². The zero-order valence-electron chi connectivity index (χ0n) is 43.3. The van der Waals surface area contributed by atoms with Crippen molar-refractivity contribution in [3.63, 3.8) is 0 Å². The van der Waals surface area contributed by atoms with Crippen LogP contribution in [0.4, 0.5) is 4.79 Å². The number of fused-ring (bicyclic) bond motifs is 2. The summed E-state index contributed by atoms with van der Waals surface area (Å²) in [4.78, 5) is 65.9. The van der Waals surface area contributed by atoms with E-state index in [0.717, 1.165) is 81.9 Å². The molecule has 0 aliphatic heterocycles. The lowest BCUT2D eigenvalue weighted by atomic mass is 10.0. The summed E-state index contributed by atoms with van der Waals surface area (Å²) in [5.74, 6) is -0.286. The highest BCUT2D eigenvalue weighted by Gasteiger charge is 2.19. The van der Waals surface area contributed by atoms with E-state index in [4.69, 9.17) is 30.4 Å². The standard InChI is InChI=1S/C33H34N6O3.C28H26N6O/c1-33(2,3)42-32(41)36-21-23-9-7-12-25(19-23)30-29(24-10-5-4-6-11-24)37-27-14-13-26(20-28(27)38-30)31(40)35-15-8-17-39-18-16-34-22-39;29-18-20-6-4-9-22(16-20)27-26(21-7-2-1-3-8-21)32-24-11-10-23(17-25(24)33-27)28(35)31-12-5-14-34-15-13-30-19-34/h4-7,9-14,16,18-20,22H,8,15,17,21H2,1-3H3,(H,35,40)(H,36,41);1-4,6-11,13,15-17,19H,5,12,14,18,29H2,(H,31,35). The third-order valence-corrected chi connectivity index (χ3v) is 12.3. The Labute approximate surface area is 446 Å². The van der Waals surface area contributed by atoms with E-state index in [1.54, 1.807) is 49.3 Å². The van der Waals surface area contributed by atoms with E-state index < -0.39 is 11.7 Å². The highest BCUT2D eigenvalue weighted by Crippen LogP contribution is 2.33. The topological polar surface area (TPSA) is 210 Å². The van der Waals surface area contributed by atoms with Crippen LogP contribution in [0.1, 0.15) is 65.5 Å².